The molecule has 1 atom stereocenters. The van der Waals surface area contributed by atoms with Gasteiger partial charge in [0.2, 0.25) is 0 Å². The van der Waals surface area contributed by atoms with E-state index in [-0.39, 0.29) is 11.7 Å². The van der Waals surface area contributed by atoms with E-state index in [1.165, 1.54) is 0 Å². The van der Waals surface area contributed by atoms with Crippen LogP contribution in [0.4, 0.5) is 0 Å². The van der Waals surface area contributed by atoms with Gasteiger partial charge in [-0.15, -0.1) is 0 Å². The average molecular weight is 159 g/mol. The molecule has 3 nitrogen and oxygen atoms in total. The van der Waals surface area contributed by atoms with Crippen molar-refractivity contribution in [1.29, 1.82) is 0 Å². The summed E-state index contributed by atoms with van der Waals surface area (Å²) in [4.78, 5) is 11.1. The lowest BCUT2D eigenvalue weighted by Gasteiger charge is -2.10. The van der Waals surface area contributed by atoms with Crippen molar-refractivity contribution in [3.8, 4) is 0 Å². The second-order valence-electron chi connectivity index (χ2n) is 2.97. The average Bonchev–Trinajstić information content (AvgIpc) is 1.98. The molecule has 0 amide bonds. The Balaban J connectivity index is 3.64. The third kappa shape index (κ3) is 4.11. The highest BCUT2D eigenvalue weighted by Gasteiger charge is 2.16. The molecule has 0 bridgehead atoms. The van der Waals surface area contributed by atoms with Gasteiger partial charge < -0.3 is 10.4 Å². The second kappa shape index (κ2) is 5.27. The van der Waals surface area contributed by atoms with E-state index in [9.17, 15) is 9.90 Å². The summed E-state index contributed by atoms with van der Waals surface area (Å²) in [5, 5.41) is 12.1. The van der Waals surface area contributed by atoms with E-state index < -0.39 is 6.10 Å². The van der Waals surface area contributed by atoms with Crippen LogP contribution in [-0.4, -0.2) is 30.6 Å². The number of Topliss-reactive ketones (excluding diaryl/α,β-unsaturated/α-hetero) is 1. The van der Waals surface area contributed by atoms with E-state index in [0.717, 1.165) is 0 Å². The van der Waals surface area contributed by atoms with Crippen molar-refractivity contribution in [2.75, 3.05) is 13.6 Å². The van der Waals surface area contributed by atoms with Gasteiger partial charge in [0.1, 0.15) is 6.10 Å². The van der Waals surface area contributed by atoms with Crippen LogP contribution in [0.5, 0.6) is 0 Å². The molecule has 0 radical (unpaired) electrons. The fourth-order valence-corrected chi connectivity index (χ4v) is 0.808. The van der Waals surface area contributed by atoms with Gasteiger partial charge in [-0.05, 0) is 20.0 Å². The molecule has 0 saturated heterocycles. The van der Waals surface area contributed by atoms with Crippen LogP contribution in [0.2, 0.25) is 0 Å². The molecule has 0 aromatic rings. The molecular weight excluding hydrogens is 142 g/mol. The molecule has 11 heavy (non-hydrogen) atoms. The predicted molar refractivity (Wildman–Crippen MR) is 44.4 cm³/mol. The van der Waals surface area contributed by atoms with Gasteiger partial charge in [-0.3, -0.25) is 4.79 Å². The number of hydrogen-bond acceptors (Lipinski definition) is 3. The summed E-state index contributed by atoms with van der Waals surface area (Å²) in [5.41, 5.74) is 0. The molecule has 0 fully saturated rings. The monoisotopic (exact) mass is 159 g/mol. The quantitative estimate of drug-likeness (QED) is 0.601. The number of carbonyl (C=O) groups is 1. The van der Waals surface area contributed by atoms with Crippen LogP contribution in [-0.2, 0) is 4.79 Å². The Labute approximate surface area is 67.8 Å². The fraction of sp³-hybridized carbons (Fsp3) is 0.875. The number of ketones is 1. The summed E-state index contributed by atoms with van der Waals surface area (Å²) in [6, 6.07) is 0. The van der Waals surface area contributed by atoms with Crippen LogP contribution in [0.3, 0.4) is 0 Å². The van der Waals surface area contributed by atoms with E-state index in [4.69, 9.17) is 0 Å². The van der Waals surface area contributed by atoms with Crippen molar-refractivity contribution in [2.45, 2.75) is 26.4 Å². The Hall–Kier alpha value is -0.410. The van der Waals surface area contributed by atoms with Gasteiger partial charge in [0.15, 0.2) is 5.78 Å². The lowest BCUT2D eigenvalue weighted by Crippen LogP contribution is -2.28. The molecule has 1 unspecified atom stereocenters. The number of nitrogens with one attached hydrogen (secondary N) is 1. The minimum Gasteiger partial charge on any atom is -0.385 e. The molecule has 0 aliphatic rings. The maximum absolute atomic E-state index is 11.1. The fourth-order valence-electron chi connectivity index (χ4n) is 0.808. The zero-order valence-corrected chi connectivity index (χ0v) is 7.42. The Morgan fingerprint density at radius 2 is 2.09 bits per heavy atom. The first-order valence-corrected chi connectivity index (χ1v) is 3.96. The van der Waals surface area contributed by atoms with Crippen molar-refractivity contribution in [3.63, 3.8) is 0 Å². The third-order valence-corrected chi connectivity index (χ3v) is 1.57. The number of rotatable bonds is 5. The van der Waals surface area contributed by atoms with Crippen molar-refractivity contribution in [1.82, 2.24) is 5.32 Å². The minimum absolute atomic E-state index is 0.0677. The van der Waals surface area contributed by atoms with E-state index in [1.54, 1.807) is 20.9 Å². The Bertz CT molecular complexity index is 123. The van der Waals surface area contributed by atoms with Crippen LogP contribution in [0.25, 0.3) is 0 Å². The highest BCUT2D eigenvalue weighted by Crippen LogP contribution is 2.01. The number of aliphatic hydroxyl groups is 1. The topological polar surface area (TPSA) is 49.3 Å². The van der Waals surface area contributed by atoms with Crippen LogP contribution >= 0.6 is 0 Å². The molecule has 0 heterocycles. The maximum Gasteiger partial charge on any atom is 0.163 e. The first kappa shape index (κ1) is 10.6. The van der Waals surface area contributed by atoms with Crippen LogP contribution < -0.4 is 5.32 Å². The van der Waals surface area contributed by atoms with Crippen LogP contribution in [0.1, 0.15) is 20.3 Å². The third-order valence-electron chi connectivity index (χ3n) is 1.57. The maximum atomic E-state index is 11.1. The molecule has 0 aliphatic heterocycles. The standard InChI is InChI=1S/C8H17NO2/c1-6(2)8(11)7(10)4-5-9-3/h6-7,9-10H,4-5H2,1-3H3. The molecule has 0 saturated carbocycles. The second-order valence-corrected chi connectivity index (χ2v) is 2.97. The first-order chi connectivity index (χ1) is 5.09. The van der Waals surface area contributed by atoms with Gasteiger partial charge in [-0.2, -0.15) is 0 Å². The molecule has 2 N–H and O–H groups in total. The lowest BCUT2D eigenvalue weighted by molar-refractivity contribution is -0.130. The number of carbonyl (C=O) groups excluding carboxylic acids is 1. The highest BCUT2D eigenvalue weighted by atomic mass is 16.3. The van der Waals surface area contributed by atoms with Gasteiger partial charge in [-0.1, -0.05) is 13.8 Å². The summed E-state index contributed by atoms with van der Waals surface area (Å²) in [6.07, 6.45) is -0.282. The van der Waals surface area contributed by atoms with E-state index in [2.05, 4.69) is 5.32 Å². The van der Waals surface area contributed by atoms with Gasteiger partial charge >= 0.3 is 0 Å². The van der Waals surface area contributed by atoms with Crippen LogP contribution in [0.15, 0.2) is 0 Å². The summed E-state index contributed by atoms with van der Waals surface area (Å²) in [5.74, 6) is -0.137. The molecule has 3 heteroatoms. The Kier molecular flexibility index (Phi) is 5.07. The van der Waals surface area contributed by atoms with Gasteiger partial charge in [0.05, 0.1) is 0 Å². The van der Waals surface area contributed by atoms with Gasteiger partial charge in [0, 0.05) is 5.92 Å². The number of aliphatic hydroxyl groups excluding tert-OH is 1. The first-order valence-electron chi connectivity index (χ1n) is 3.96. The Morgan fingerprint density at radius 1 is 1.55 bits per heavy atom. The normalized spacial score (nSPS) is 13.5. The lowest BCUT2D eigenvalue weighted by atomic mass is 10.0. The summed E-state index contributed by atoms with van der Waals surface area (Å²) < 4.78 is 0. The Morgan fingerprint density at radius 3 is 2.45 bits per heavy atom. The zero-order chi connectivity index (χ0) is 8.85. The van der Waals surface area contributed by atoms with Crippen molar-refractivity contribution in [2.24, 2.45) is 5.92 Å². The van der Waals surface area contributed by atoms with E-state index in [1.807, 2.05) is 0 Å². The largest absolute Gasteiger partial charge is 0.385 e. The molecule has 0 rings (SSSR count). The summed E-state index contributed by atoms with van der Waals surface area (Å²) >= 11 is 0. The molecule has 0 aromatic heterocycles. The molecule has 0 aliphatic carbocycles. The molecule has 0 aromatic carbocycles. The molecule has 0 spiro atoms. The summed E-state index contributed by atoms with van der Waals surface area (Å²) in [7, 11) is 1.80. The van der Waals surface area contributed by atoms with Crippen LogP contribution in [0, 0.1) is 5.92 Å². The highest BCUT2D eigenvalue weighted by molar-refractivity contribution is 5.84. The zero-order valence-electron chi connectivity index (χ0n) is 7.42. The number of hydrogen-bond donors (Lipinski definition) is 2. The van der Waals surface area contributed by atoms with Crippen molar-refractivity contribution in [3.05, 3.63) is 0 Å². The minimum atomic E-state index is -0.789. The smallest absolute Gasteiger partial charge is 0.163 e. The summed E-state index contributed by atoms with van der Waals surface area (Å²) in [6.45, 7) is 4.27. The molecule has 66 valence electrons. The van der Waals surface area contributed by atoms with Crippen molar-refractivity contribution >= 4 is 5.78 Å². The van der Waals surface area contributed by atoms with Gasteiger partial charge in [0.25, 0.3) is 0 Å². The van der Waals surface area contributed by atoms with E-state index in [0.29, 0.717) is 13.0 Å². The predicted octanol–water partition coefficient (Wildman–Crippen LogP) is 0.182. The van der Waals surface area contributed by atoms with Crippen molar-refractivity contribution < 1.29 is 9.90 Å². The SMILES string of the molecule is CNCCC(O)C(=O)C(C)C. The molecular formula is C8H17NO2. The van der Waals surface area contributed by atoms with E-state index >= 15 is 0 Å². The van der Waals surface area contributed by atoms with Gasteiger partial charge in [-0.25, -0.2) is 0 Å².